The summed E-state index contributed by atoms with van der Waals surface area (Å²) in [5, 5.41) is 9.31. The molecule has 1 rings (SSSR count). The lowest BCUT2D eigenvalue weighted by Gasteiger charge is -2.13. The molecule has 1 atom stereocenters. The molecule has 78 valence electrons. The van der Waals surface area contributed by atoms with E-state index < -0.39 is 6.10 Å². The third kappa shape index (κ3) is 2.35. The molecule has 1 heterocycles. The van der Waals surface area contributed by atoms with E-state index >= 15 is 0 Å². The van der Waals surface area contributed by atoms with Crippen LogP contribution in [0.5, 0.6) is 11.5 Å². The number of aromatic nitrogens is 1. The Balaban J connectivity index is 3.05. The molecule has 0 amide bonds. The molecule has 0 radical (unpaired) electrons. The predicted molar refractivity (Wildman–Crippen MR) is 52.7 cm³/mol. The van der Waals surface area contributed by atoms with Crippen molar-refractivity contribution in [3.05, 3.63) is 18.0 Å². The molecule has 0 spiro atoms. The second-order valence-corrected chi connectivity index (χ2v) is 3.08. The summed E-state index contributed by atoms with van der Waals surface area (Å²) in [6, 6.07) is 0. The Morgan fingerprint density at radius 3 is 2.14 bits per heavy atom. The van der Waals surface area contributed by atoms with Crippen LogP contribution in [-0.4, -0.2) is 30.4 Å². The maximum atomic E-state index is 9.31. The third-order valence-corrected chi connectivity index (χ3v) is 1.92. The molecule has 1 N–H and O–H groups in total. The molecular formula is C10H15NO3. The van der Waals surface area contributed by atoms with Crippen molar-refractivity contribution in [2.45, 2.75) is 19.4 Å². The molecule has 1 aromatic rings. The van der Waals surface area contributed by atoms with Crippen molar-refractivity contribution in [2.75, 3.05) is 14.2 Å². The smallest absolute Gasteiger partial charge is 0.144 e. The van der Waals surface area contributed by atoms with Crippen LogP contribution in [0.2, 0.25) is 0 Å². The summed E-state index contributed by atoms with van der Waals surface area (Å²) in [7, 11) is 3.14. The van der Waals surface area contributed by atoms with Crippen LogP contribution in [0.3, 0.4) is 0 Å². The van der Waals surface area contributed by atoms with Crippen molar-refractivity contribution >= 4 is 0 Å². The van der Waals surface area contributed by atoms with Gasteiger partial charge in [0, 0.05) is 12.0 Å². The second-order valence-electron chi connectivity index (χ2n) is 3.08. The van der Waals surface area contributed by atoms with Gasteiger partial charge in [0.25, 0.3) is 0 Å². The number of aliphatic hydroxyl groups excluding tert-OH is 1. The van der Waals surface area contributed by atoms with E-state index in [2.05, 4.69) is 4.98 Å². The molecule has 4 nitrogen and oxygen atoms in total. The Labute approximate surface area is 83.5 Å². The number of nitrogens with zero attached hydrogens (tertiary/aromatic N) is 1. The van der Waals surface area contributed by atoms with Gasteiger partial charge in [-0.15, -0.1) is 0 Å². The molecule has 0 aliphatic heterocycles. The Bertz CT molecular complexity index is 277. The highest BCUT2D eigenvalue weighted by Crippen LogP contribution is 2.27. The molecule has 0 saturated heterocycles. The summed E-state index contributed by atoms with van der Waals surface area (Å²) < 4.78 is 10.3. The highest BCUT2D eigenvalue weighted by atomic mass is 16.5. The number of pyridine rings is 1. The maximum absolute atomic E-state index is 9.31. The minimum absolute atomic E-state index is 0.430. The molecule has 0 saturated carbocycles. The maximum Gasteiger partial charge on any atom is 0.144 e. The predicted octanol–water partition coefficient (Wildman–Crippen LogP) is 1.02. The van der Waals surface area contributed by atoms with Crippen LogP contribution in [0.15, 0.2) is 12.4 Å². The van der Waals surface area contributed by atoms with E-state index in [1.807, 2.05) is 0 Å². The first kappa shape index (κ1) is 10.8. The van der Waals surface area contributed by atoms with Crippen molar-refractivity contribution in [1.82, 2.24) is 4.98 Å². The number of aliphatic hydroxyl groups is 1. The van der Waals surface area contributed by atoms with Gasteiger partial charge in [0.15, 0.2) is 0 Å². The summed E-state index contributed by atoms with van der Waals surface area (Å²) in [4.78, 5) is 3.96. The Kier molecular flexibility index (Phi) is 3.71. The average Bonchev–Trinajstić information content (AvgIpc) is 2.17. The van der Waals surface area contributed by atoms with Crippen LogP contribution in [0, 0.1) is 0 Å². The first-order valence-electron chi connectivity index (χ1n) is 4.42. The van der Waals surface area contributed by atoms with Gasteiger partial charge in [-0.1, -0.05) is 0 Å². The monoisotopic (exact) mass is 197 g/mol. The minimum atomic E-state index is -0.430. The second kappa shape index (κ2) is 4.81. The molecule has 4 heteroatoms. The highest BCUT2D eigenvalue weighted by molar-refractivity contribution is 5.42. The fourth-order valence-corrected chi connectivity index (χ4v) is 1.30. The lowest BCUT2D eigenvalue weighted by Crippen LogP contribution is -2.07. The van der Waals surface area contributed by atoms with E-state index in [9.17, 15) is 5.11 Å². The molecule has 14 heavy (non-hydrogen) atoms. The van der Waals surface area contributed by atoms with E-state index in [-0.39, 0.29) is 0 Å². The van der Waals surface area contributed by atoms with E-state index in [0.717, 1.165) is 5.56 Å². The van der Waals surface area contributed by atoms with Crippen molar-refractivity contribution in [2.24, 2.45) is 0 Å². The van der Waals surface area contributed by atoms with Gasteiger partial charge < -0.3 is 14.6 Å². The average molecular weight is 197 g/mol. The Morgan fingerprint density at radius 1 is 1.29 bits per heavy atom. The van der Waals surface area contributed by atoms with Crippen LogP contribution in [0.4, 0.5) is 0 Å². The summed E-state index contributed by atoms with van der Waals surface area (Å²) in [6.45, 7) is 1.72. The number of hydrogen-bond donors (Lipinski definition) is 1. The van der Waals surface area contributed by atoms with Crippen LogP contribution in [0.1, 0.15) is 12.5 Å². The number of ether oxygens (including phenoxy) is 2. The third-order valence-electron chi connectivity index (χ3n) is 1.92. The molecular weight excluding hydrogens is 182 g/mol. The lowest BCUT2D eigenvalue weighted by atomic mass is 10.1. The van der Waals surface area contributed by atoms with Gasteiger partial charge in [-0.3, -0.25) is 4.98 Å². The van der Waals surface area contributed by atoms with Crippen LogP contribution in [0.25, 0.3) is 0 Å². The van der Waals surface area contributed by atoms with Crippen molar-refractivity contribution < 1.29 is 14.6 Å². The molecule has 0 aliphatic carbocycles. The molecule has 1 aromatic heterocycles. The first-order chi connectivity index (χ1) is 6.69. The van der Waals surface area contributed by atoms with E-state index in [1.165, 1.54) is 0 Å². The van der Waals surface area contributed by atoms with Crippen LogP contribution >= 0.6 is 0 Å². The summed E-state index contributed by atoms with van der Waals surface area (Å²) in [5.74, 6) is 1.29. The highest BCUT2D eigenvalue weighted by Gasteiger charge is 2.12. The zero-order chi connectivity index (χ0) is 10.6. The fraction of sp³-hybridized carbons (Fsp3) is 0.500. The van der Waals surface area contributed by atoms with Gasteiger partial charge in [0.05, 0.1) is 32.7 Å². The zero-order valence-electron chi connectivity index (χ0n) is 8.65. The van der Waals surface area contributed by atoms with E-state index in [0.29, 0.717) is 17.9 Å². The van der Waals surface area contributed by atoms with Crippen molar-refractivity contribution in [3.8, 4) is 11.5 Å². The number of hydrogen-bond acceptors (Lipinski definition) is 4. The van der Waals surface area contributed by atoms with Gasteiger partial charge in [-0.2, -0.15) is 0 Å². The largest absolute Gasteiger partial charge is 0.495 e. The molecule has 0 bridgehead atoms. The first-order valence-corrected chi connectivity index (χ1v) is 4.42. The summed E-state index contributed by atoms with van der Waals surface area (Å²) >= 11 is 0. The lowest BCUT2D eigenvalue weighted by molar-refractivity contribution is 0.192. The van der Waals surface area contributed by atoms with E-state index in [1.54, 1.807) is 33.5 Å². The van der Waals surface area contributed by atoms with Gasteiger partial charge in [-0.05, 0) is 6.92 Å². The summed E-state index contributed by atoms with van der Waals surface area (Å²) in [6.07, 6.45) is 3.29. The van der Waals surface area contributed by atoms with Crippen LogP contribution < -0.4 is 9.47 Å². The Morgan fingerprint density at radius 2 is 1.79 bits per heavy atom. The number of rotatable bonds is 4. The normalized spacial score (nSPS) is 12.3. The van der Waals surface area contributed by atoms with Gasteiger partial charge >= 0.3 is 0 Å². The molecule has 0 unspecified atom stereocenters. The van der Waals surface area contributed by atoms with Crippen molar-refractivity contribution in [3.63, 3.8) is 0 Å². The van der Waals surface area contributed by atoms with E-state index in [4.69, 9.17) is 9.47 Å². The Hall–Kier alpha value is -1.29. The number of methoxy groups -OCH3 is 2. The van der Waals surface area contributed by atoms with Crippen molar-refractivity contribution in [1.29, 1.82) is 0 Å². The van der Waals surface area contributed by atoms with Gasteiger partial charge in [-0.25, -0.2) is 0 Å². The minimum Gasteiger partial charge on any atom is -0.495 e. The summed E-state index contributed by atoms with van der Waals surface area (Å²) in [5.41, 5.74) is 0.847. The molecule has 0 fully saturated rings. The zero-order valence-corrected chi connectivity index (χ0v) is 8.65. The molecule has 0 aliphatic rings. The topological polar surface area (TPSA) is 51.6 Å². The van der Waals surface area contributed by atoms with Crippen LogP contribution in [-0.2, 0) is 6.42 Å². The van der Waals surface area contributed by atoms with Gasteiger partial charge in [0.1, 0.15) is 11.5 Å². The standard InChI is InChI=1S/C10H15NO3/c1-7(12)4-8-9(13-2)5-11-6-10(8)14-3/h5-7,12H,4H2,1-3H3/t7-/m0/s1. The quantitative estimate of drug-likeness (QED) is 0.783. The molecule has 0 aromatic carbocycles. The van der Waals surface area contributed by atoms with Gasteiger partial charge in [0.2, 0.25) is 0 Å². The SMILES string of the molecule is COc1cncc(OC)c1C[C@H](C)O. The fourth-order valence-electron chi connectivity index (χ4n) is 1.30.